The number of carbonyl (C=O) groups excluding carboxylic acids is 2. The number of carbonyl (C=O) groups is 2. The molecule has 1 N–H and O–H groups in total. The molecule has 1 heterocycles. The molecule has 0 spiro atoms. The molecule has 1 unspecified atom stereocenters. The van der Waals surface area contributed by atoms with E-state index in [9.17, 15) is 14.7 Å². The molecule has 0 bridgehead atoms. The number of benzene rings is 2. The van der Waals surface area contributed by atoms with Crippen LogP contribution in [0.1, 0.15) is 54.8 Å². The van der Waals surface area contributed by atoms with E-state index >= 15 is 0 Å². The molecule has 6 nitrogen and oxygen atoms in total. The maximum atomic E-state index is 13.4. The largest absolute Gasteiger partial charge is 0.507 e. The van der Waals surface area contributed by atoms with Gasteiger partial charge in [0, 0.05) is 12.1 Å². The zero-order chi connectivity index (χ0) is 23.7. The molecular weight excluding hydrogens is 442 g/mol. The number of ketones is 1. The number of methoxy groups -OCH3 is 2. The van der Waals surface area contributed by atoms with Gasteiger partial charge in [0.25, 0.3) is 11.7 Å². The van der Waals surface area contributed by atoms with Gasteiger partial charge in [0.15, 0.2) is 0 Å². The number of ether oxygens (including phenoxy) is 2. The monoisotopic (exact) mass is 469 g/mol. The zero-order valence-electron chi connectivity index (χ0n) is 19.1. The predicted octanol–water partition coefficient (Wildman–Crippen LogP) is 5.42. The van der Waals surface area contributed by atoms with E-state index in [0.717, 1.165) is 43.2 Å². The SMILES string of the molecule is COc1cc(OC)c(/C(O)=C2\C(=O)C(=O)N(C3CCCCC3)C2c2ccccc2C)cc1Cl. The Hall–Kier alpha value is -2.99. The minimum atomic E-state index is -0.694. The standard InChI is InChI=1S/C26H28ClNO5/c1-15-9-7-8-12-17(15)23-22(25(30)26(31)28(23)16-10-5-4-6-11-16)24(29)18-13-19(27)21(33-3)14-20(18)32-2/h7-9,12-14,16,23,29H,4-6,10-11H2,1-3H3/b24-22+. The molecule has 1 atom stereocenters. The van der Waals surface area contributed by atoms with E-state index < -0.39 is 17.7 Å². The summed E-state index contributed by atoms with van der Waals surface area (Å²) in [4.78, 5) is 28.4. The minimum absolute atomic E-state index is 0.0496. The molecule has 2 aromatic carbocycles. The highest BCUT2D eigenvalue weighted by Gasteiger charge is 2.49. The highest BCUT2D eigenvalue weighted by Crippen LogP contribution is 2.45. The van der Waals surface area contributed by atoms with Crippen LogP contribution in [-0.4, -0.2) is 42.0 Å². The quantitative estimate of drug-likeness (QED) is 0.359. The van der Waals surface area contributed by atoms with Gasteiger partial charge in [-0.15, -0.1) is 0 Å². The molecular formula is C26H28ClNO5. The van der Waals surface area contributed by atoms with Crippen LogP contribution in [-0.2, 0) is 9.59 Å². The Bertz CT molecular complexity index is 1120. The van der Waals surface area contributed by atoms with Crippen molar-refractivity contribution in [1.82, 2.24) is 4.90 Å². The summed E-state index contributed by atoms with van der Waals surface area (Å²) in [6, 6.07) is 9.97. The summed E-state index contributed by atoms with van der Waals surface area (Å²) in [6.45, 7) is 1.95. The van der Waals surface area contributed by atoms with E-state index in [4.69, 9.17) is 21.1 Å². The van der Waals surface area contributed by atoms with Crippen LogP contribution in [0.3, 0.4) is 0 Å². The fourth-order valence-electron chi connectivity index (χ4n) is 4.97. The number of aryl methyl sites for hydroxylation is 1. The maximum Gasteiger partial charge on any atom is 0.295 e. The van der Waals surface area contributed by atoms with Crippen LogP contribution in [0.25, 0.3) is 5.76 Å². The Kier molecular flexibility index (Phi) is 6.66. The van der Waals surface area contributed by atoms with Crippen LogP contribution in [0.4, 0.5) is 0 Å². The Balaban J connectivity index is 1.94. The lowest BCUT2D eigenvalue weighted by Crippen LogP contribution is -2.40. The van der Waals surface area contributed by atoms with E-state index in [1.807, 2.05) is 31.2 Å². The number of halogens is 1. The van der Waals surface area contributed by atoms with Gasteiger partial charge in [-0.3, -0.25) is 9.59 Å². The van der Waals surface area contributed by atoms with Crippen molar-refractivity contribution in [3.63, 3.8) is 0 Å². The van der Waals surface area contributed by atoms with Gasteiger partial charge in [0.2, 0.25) is 0 Å². The fraction of sp³-hybridized carbons (Fsp3) is 0.385. The van der Waals surface area contributed by atoms with Crippen molar-refractivity contribution in [3.8, 4) is 11.5 Å². The number of nitrogens with zero attached hydrogens (tertiary/aromatic N) is 1. The highest BCUT2D eigenvalue weighted by atomic mass is 35.5. The van der Waals surface area contributed by atoms with Gasteiger partial charge in [0.1, 0.15) is 17.3 Å². The average Bonchev–Trinajstić information content (AvgIpc) is 3.09. The summed E-state index contributed by atoms with van der Waals surface area (Å²) >= 11 is 6.33. The first-order chi connectivity index (χ1) is 15.9. The van der Waals surface area contributed by atoms with Crippen molar-refractivity contribution in [3.05, 3.63) is 63.7 Å². The number of aliphatic hydroxyl groups is 1. The molecule has 7 heteroatoms. The third-order valence-electron chi connectivity index (χ3n) is 6.66. The van der Waals surface area contributed by atoms with Gasteiger partial charge in [-0.1, -0.05) is 55.1 Å². The number of hydrogen-bond donors (Lipinski definition) is 1. The second-order valence-corrected chi connectivity index (χ2v) is 8.95. The lowest BCUT2D eigenvalue weighted by molar-refractivity contribution is -0.141. The smallest absolute Gasteiger partial charge is 0.295 e. The molecule has 174 valence electrons. The minimum Gasteiger partial charge on any atom is -0.507 e. The second-order valence-electron chi connectivity index (χ2n) is 8.54. The van der Waals surface area contributed by atoms with Gasteiger partial charge < -0.3 is 19.5 Å². The zero-order valence-corrected chi connectivity index (χ0v) is 19.8. The normalized spacial score (nSPS) is 20.8. The Morgan fingerprint density at radius 1 is 1.03 bits per heavy atom. The molecule has 0 aromatic heterocycles. The Labute approximate surface area is 198 Å². The van der Waals surface area contributed by atoms with Crippen molar-refractivity contribution in [1.29, 1.82) is 0 Å². The van der Waals surface area contributed by atoms with Crippen molar-refractivity contribution in [2.24, 2.45) is 0 Å². The fourth-order valence-corrected chi connectivity index (χ4v) is 5.22. The van der Waals surface area contributed by atoms with Crippen LogP contribution < -0.4 is 9.47 Å². The van der Waals surface area contributed by atoms with Crippen molar-refractivity contribution in [2.75, 3.05) is 14.2 Å². The number of hydrogen-bond acceptors (Lipinski definition) is 5. The molecule has 4 rings (SSSR count). The summed E-state index contributed by atoms with van der Waals surface area (Å²) in [6.07, 6.45) is 4.82. The van der Waals surface area contributed by atoms with Crippen LogP contribution >= 0.6 is 11.6 Å². The summed E-state index contributed by atoms with van der Waals surface area (Å²) < 4.78 is 10.7. The second kappa shape index (κ2) is 9.48. The molecule has 2 aliphatic rings. The Morgan fingerprint density at radius 2 is 1.70 bits per heavy atom. The number of Topliss-reactive ketones (excluding diaryl/α,β-unsaturated/α-hetero) is 1. The third kappa shape index (κ3) is 4.08. The number of likely N-dealkylation sites (tertiary alicyclic amines) is 1. The lowest BCUT2D eigenvalue weighted by Gasteiger charge is -2.36. The molecule has 1 saturated heterocycles. The summed E-state index contributed by atoms with van der Waals surface area (Å²) in [5, 5.41) is 11.7. The first kappa shape index (κ1) is 23.2. The van der Waals surface area contributed by atoms with Gasteiger partial charge in [-0.05, 0) is 37.0 Å². The van der Waals surface area contributed by atoms with Crippen LogP contribution in [0.15, 0.2) is 42.0 Å². The van der Waals surface area contributed by atoms with Crippen molar-refractivity contribution < 1.29 is 24.2 Å². The lowest BCUT2D eigenvalue weighted by atomic mass is 9.89. The highest BCUT2D eigenvalue weighted by molar-refractivity contribution is 6.46. The molecule has 33 heavy (non-hydrogen) atoms. The average molecular weight is 470 g/mol. The van der Waals surface area contributed by atoms with Gasteiger partial charge in [-0.25, -0.2) is 0 Å². The number of rotatable bonds is 5. The molecule has 1 aliphatic heterocycles. The number of aliphatic hydroxyl groups excluding tert-OH is 1. The number of amides is 1. The third-order valence-corrected chi connectivity index (χ3v) is 6.96. The molecule has 1 aliphatic carbocycles. The van der Waals surface area contributed by atoms with Crippen molar-refractivity contribution in [2.45, 2.75) is 51.1 Å². The first-order valence-electron chi connectivity index (χ1n) is 11.2. The van der Waals surface area contributed by atoms with Crippen LogP contribution in [0, 0.1) is 6.92 Å². The predicted molar refractivity (Wildman–Crippen MR) is 127 cm³/mol. The molecule has 0 radical (unpaired) electrons. The van der Waals surface area contributed by atoms with Crippen LogP contribution in [0.5, 0.6) is 11.5 Å². The van der Waals surface area contributed by atoms with Gasteiger partial charge in [-0.2, -0.15) is 0 Å². The van der Waals surface area contributed by atoms with E-state index in [0.29, 0.717) is 11.5 Å². The maximum absolute atomic E-state index is 13.4. The van der Waals surface area contributed by atoms with E-state index in [2.05, 4.69) is 0 Å². The molecule has 2 aromatic rings. The summed E-state index contributed by atoms with van der Waals surface area (Å²) in [7, 11) is 2.94. The first-order valence-corrected chi connectivity index (χ1v) is 11.5. The van der Waals surface area contributed by atoms with E-state index in [1.54, 1.807) is 11.0 Å². The molecule has 1 saturated carbocycles. The topological polar surface area (TPSA) is 76.1 Å². The molecule has 2 fully saturated rings. The summed E-state index contributed by atoms with van der Waals surface area (Å²) in [5.74, 6) is -0.902. The van der Waals surface area contributed by atoms with Crippen LogP contribution in [0.2, 0.25) is 5.02 Å². The molecule has 1 amide bonds. The van der Waals surface area contributed by atoms with E-state index in [-0.39, 0.29) is 28.0 Å². The van der Waals surface area contributed by atoms with Gasteiger partial charge in [0.05, 0.1) is 36.4 Å². The van der Waals surface area contributed by atoms with Gasteiger partial charge >= 0.3 is 0 Å². The Morgan fingerprint density at radius 3 is 2.33 bits per heavy atom. The summed E-state index contributed by atoms with van der Waals surface area (Å²) in [5.41, 5.74) is 2.06. The van der Waals surface area contributed by atoms with E-state index in [1.165, 1.54) is 20.3 Å². The van der Waals surface area contributed by atoms with Crippen molar-refractivity contribution >= 4 is 29.1 Å².